The van der Waals surface area contributed by atoms with Crippen molar-refractivity contribution in [1.82, 2.24) is 0 Å². The average Bonchev–Trinajstić information content (AvgIpc) is 2.05. The Balaban J connectivity index is 2.95. The second-order valence-electron chi connectivity index (χ2n) is 1.90. The van der Waals surface area contributed by atoms with Gasteiger partial charge in [0, 0.05) is 5.56 Å². The number of benzene rings is 1. The fraction of sp³-hybridized carbons (Fsp3) is 0. The first-order chi connectivity index (χ1) is 4.84. The second-order valence-corrected chi connectivity index (χ2v) is 1.90. The molecule has 0 unspecified atom stereocenters. The molecule has 1 rings (SSSR count). The number of carbonyl (C=O) groups excluding carboxylic acids is 1. The van der Waals surface area contributed by atoms with Crippen molar-refractivity contribution in [2.24, 2.45) is 0 Å². The van der Waals surface area contributed by atoms with Gasteiger partial charge in [-0.25, -0.2) is 0 Å². The minimum atomic E-state index is 0.0283. The summed E-state index contributed by atoms with van der Waals surface area (Å²) < 4.78 is 0. The van der Waals surface area contributed by atoms with Gasteiger partial charge >= 0.3 is 0 Å². The molecule has 0 saturated carbocycles. The lowest BCUT2D eigenvalue weighted by Crippen LogP contribution is -1.98. The van der Waals surface area contributed by atoms with E-state index >= 15 is 0 Å². The molecule has 0 aliphatic carbocycles. The van der Waals surface area contributed by atoms with E-state index in [0.717, 1.165) is 0 Å². The molecular weight excluding hydrogens is 126 g/mol. The van der Waals surface area contributed by atoms with Gasteiger partial charge in [-0.2, -0.15) is 0 Å². The van der Waals surface area contributed by atoms with Gasteiger partial charge in [-0.15, -0.1) is 0 Å². The maximum Gasteiger partial charge on any atom is 0.168 e. The smallest absolute Gasteiger partial charge is 0.168 e. The summed E-state index contributed by atoms with van der Waals surface area (Å²) in [5.41, 5.74) is 0.693. The van der Waals surface area contributed by atoms with Crippen LogP contribution in [0.3, 0.4) is 0 Å². The van der Waals surface area contributed by atoms with Crippen LogP contribution in [0.4, 0.5) is 0 Å². The zero-order valence-corrected chi connectivity index (χ0v) is 5.37. The molecule has 0 bridgehead atoms. The fourth-order valence-corrected chi connectivity index (χ4v) is 0.686. The molecule has 10 heavy (non-hydrogen) atoms. The van der Waals surface area contributed by atoms with E-state index in [1.165, 1.54) is 0 Å². The van der Waals surface area contributed by atoms with Gasteiger partial charge in [-0.3, -0.25) is 10.2 Å². The molecule has 2 heteroatoms. The summed E-state index contributed by atoms with van der Waals surface area (Å²) in [6.07, 6.45) is 0.537. The van der Waals surface area contributed by atoms with Crippen LogP contribution in [0.25, 0.3) is 0 Å². The predicted molar refractivity (Wildman–Crippen MR) is 39.3 cm³/mol. The molecule has 0 spiro atoms. The highest BCUT2D eigenvalue weighted by molar-refractivity contribution is 6.34. The molecule has 0 radical (unpaired) electrons. The van der Waals surface area contributed by atoms with Crippen molar-refractivity contribution < 1.29 is 4.79 Å². The van der Waals surface area contributed by atoms with Crippen molar-refractivity contribution in [2.45, 2.75) is 0 Å². The summed E-state index contributed by atoms with van der Waals surface area (Å²) >= 11 is 0. The number of nitrogens with one attached hydrogen (secondary N) is 1. The Bertz CT molecular complexity index is 241. The summed E-state index contributed by atoms with van der Waals surface area (Å²) in [5, 5.41) is 7.11. The summed E-state index contributed by atoms with van der Waals surface area (Å²) in [7, 11) is 0. The zero-order chi connectivity index (χ0) is 7.40. The lowest BCUT2D eigenvalue weighted by molar-refractivity contribution is -0.102. The van der Waals surface area contributed by atoms with Crippen molar-refractivity contribution in [1.29, 1.82) is 5.41 Å². The highest BCUT2D eigenvalue weighted by atomic mass is 16.1. The van der Waals surface area contributed by atoms with E-state index in [-0.39, 0.29) is 5.71 Å². The lowest BCUT2D eigenvalue weighted by atomic mass is 10.1. The van der Waals surface area contributed by atoms with Gasteiger partial charge in [0.25, 0.3) is 0 Å². The topological polar surface area (TPSA) is 40.9 Å². The number of rotatable bonds is 2. The fourth-order valence-electron chi connectivity index (χ4n) is 0.686. The monoisotopic (exact) mass is 133 g/mol. The predicted octanol–water partition coefficient (Wildman–Crippen LogP) is 1.25. The summed E-state index contributed by atoms with van der Waals surface area (Å²) in [5.74, 6) is 0. The van der Waals surface area contributed by atoms with Crippen LogP contribution >= 0.6 is 0 Å². The summed E-state index contributed by atoms with van der Waals surface area (Å²) in [6.45, 7) is 0. The normalized spacial score (nSPS) is 8.80. The Hall–Kier alpha value is -1.44. The highest BCUT2D eigenvalue weighted by Gasteiger charge is 1.94. The highest BCUT2D eigenvalue weighted by Crippen LogP contribution is 1.96. The van der Waals surface area contributed by atoms with E-state index in [0.29, 0.717) is 11.8 Å². The van der Waals surface area contributed by atoms with Gasteiger partial charge in [-0.1, -0.05) is 30.3 Å². The minimum absolute atomic E-state index is 0.0283. The van der Waals surface area contributed by atoms with Crippen LogP contribution in [0.2, 0.25) is 0 Å². The van der Waals surface area contributed by atoms with Gasteiger partial charge < -0.3 is 0 Å². The molecule has 0 fully saturated rings. The molecule has 0 aliphatic heterocycles. The molecule has 1 aromatic carbocycles. The van der Waals surface area contributed by atoms with E-state index < -0.39 is 0 Å². The minimum Gasteiger partial charge on any atom is -0.297 e. The van der Waals surface area contributed by atoms with E-state index in [1.807, 2.05) is 6.07 Å². The first kappa shape index (κ1) is 6.68. The standard InChI is InChI=1S/C8H7NO/c9-8(6-10)7-4-2-1-3-5-7/h1-6,9H. The molecule has 1 aromatic rings. The first-order valence-corrected chi connectivity index (χ1v) is 2.94. The van der Waals surface area contributed by atoms with Crippen LogP contribution < -0.4 is 0 Å². The zero-order valence-electron chi connectivity index (χ0n) is 5.37. The molecule has 2 nitrogen and oxygen atoms in total. The van der Waals surface area contributed by atoms with Crippen molar-refractivity contribution in [3.05, 3.63) is 35.9 Å². The summed E-state index contributed by atoms with van der Waals surface area (Å²) in [6, 6.07) is 8.91. The third-order valence-electron chi connectivity index (χ3n) is 1.20. The molecule has 0 amide bonds. The summed E-state index contributed by atoms with van der Waals surface area (Å²) in [4.78, 5) is 10.1. The molecule has 0 aromatic heterocycles. The van der Waals surface area contributed by atoms with Crippen LogP contribution in [0.1, 0.15) is 5.56 Å². The average molecular weight is 133 g/mol. The van der Waals surface area contributed by atoms with Gasteiger partial charge in [0.05, 0.1) is 0 Å². The van der Waals surface area contributed by atoms with Crippen LogP contribution in [0.15, 0.2) is 30.3 Å². The quantitative estimate of drug-likeness (QED) is 0.478. The Labute approximate surface area is 59.0 Å². The van der Waals surface area contributed by atoms with Crippen LogP contribution in [0.5, 0.6) is 0 Å². The van der Waals surface area contributed by atoms with Crippen LogP contribution in [-0.2, 0) is 4.79 Å². The molecule has 1 N–H and O–H groups in total. The molecule has 50 valence electrons. The number of carbonyl (C=O) groups is 1. The Morgan fingerprint density at radius 2 is 1.90 bits per heavy atom. The molecular formula is C8H7NO. The molecule has 0 heterocycles. The SMILES string of the molecule is N=C(C=O)c1ccccc1. The maximum absolute atomic E-state index is 10.1. The number of hydrogen-bond donors (Lipinski definition) is 1. The Morgan fingerprint density at radius 3 is 2.40 bits per heavy atom. The van der Waals surface area contributed by atoms with E-state index in [1.54, 1.807) is 24.3 Å². The van der Waals surface area contributed by atoms with E-state index in [2.05, 4.69) is 0 Å². The third-order valence-corrected chi connectivity index (χ3v) is 1.20. The molecule has 0 saturated heterocycles. The van der Waals surface area contributed by atoms with Gasteiger partial charge in [0.1, 0.15) is 5.71 Å². The Morgan fingerprint density at radius 1 is 1.30 bits per heavy atom. The van der Waals surface area contributed by atoms with Crippen molar-refractivity contribution in [3.63, 3.8) is 0 Å². The van der Waals surface area contributed by atoms with Crippen molar-refractivity contribution in [2.75, 3.05) is 0 Å². The lowest BCUT2D eigenvalue weighted by Gasteiger charge is -1.91. The largest absolute Gasteiger partial charge is 0.297 e. The third kappa shape index (κ3) is 1.29. The Kier molecular flexibility index (Phi) is 1.95. The van der Waals surface area contributed by atoms with E-state index in [9.17, 15) is 4.79 Å². The van der Waals surface area contributed by atoms with Gasteiger partial charge in [0.2, 0.25) is 0 Å². The van der Waals surface area contributed by atoms with E-state index in [4.69, 9.17) is 5.41 Å². The van der Waals surface area contributed by atoms with Crippen molar-refractivity contribution in [3.8, 4) is 0 Å². The number of aldehydes is 1. The molecule has 0 aliphatic rings. The van der Waals surface area contributed by atoms with Gasteiger partial charge in [0.15, 0.2) is 6.29 Å². The first-order valence-electron chi connectivity index (χ1n) is 2.94. The number of hydrogen-bond acceptors (Lipinski definition) is 2. The van der Waals surface area contributed by atoms with Crippen LogP contribution in [0, 0.1) is 5.41 Å². The van der Waals surface area contributed by atoms with Gasteiger partial charge in [-0.05, 0) is 0 Å². The maximum atomic E-state index is 10.1. The molecule has 0 atom stereocenters. The van der Waals surface area contributed by atoms with Crippen molar-refractivity contribution >= 4 is 12.0 Å². The van der Waals surface area contributed by atoms with Crippen LogP contribution in [-0.4, -0.2) is 12.0 Å². The second kappa shape index (κ2) is 2.92.